The minimum Gasteiger partial charge on any atom is -0.468 e. The van der Waals surface area contributed by atoms with Gasteiger partial charge in [0.2, 0.25) is 5.91 Å². The van der Waals surface area contributed by atoms with E-state index >= 15 is 0 Å². The van der Waals surface area contributed by atoms with Crippen molar-refractivity contribution in [1.82, 2.24) is 16.0 Å². The number of hydrogen-bond acceptors (Lipinski definition) is 13. The molecule has 0 aromatic rings. The molecule has 0 spiro atoms. The predicted octanol–water partition coefficient (Wildman–Crippen LogP) is -1.05. The molecule has 10 atom stereocenters. The number of ether oxygens (including phenoxy) is 5. The number of carbonyl (C=O) groups excluding carboxylic acids is 2. The molecule has 0 bridgehead atoms. The second kappa shape index (κ2) is 17.0. The highest BCUT2D eigenvalue weighted by atomic mass is 16.7. The van der Waals surface area contributed by atoms with E-state index in [1.807, 2.05) is 13.0 Å². The highest BCUT2D eigenvalue weighted by Gasteiger charge is 2.48. The van der Waals surface area contributed by atoms with E-state index in [-0.39, 0.29) is 38.5 Å². The van der Waals surface area contributed by atoms with E-state index in [2.05, 4.69) is 16.0 Å². The highest BCUT2D eigenvalue weighted by Crippen LogP contribution is 2.31. The zero-order valence-electron chi connectivity index (χ0n) is 26.1. The Labute approximate surface area is 258 Å². The van der Waals surface area contributed by atoms with Crippen molar-refractivity contribution in [1.29, 1.82) is 0 Å². The summed E-state index contributed by atoms with van der Waals surface area (Å²) >= 11 is 0. The van der Waals surface area contributed by atoms with Gasteiger partial charge < -0.3 is 65.8 Å². The zero-order chi connectivity index (χ0) is 32.4. The van der Waals surface area contributed by atoms with Crippen LogP contribution in [0.25, 0.3) is 0 Å². The van der Waals surface area contributed by atoms with E-state index in [1.54, 1.807) is 20.8 Å². The molecule has 0 aromatic carbocycles. The van der Waals surface area contributed by atoms with E-state index in [9.17, 15) is 24.9 Å². The lowest BCUT2D eigenvalue weighted by molar-refractivity contribution is -0.282. The van der Waals surface area contributed by atoms with Gasteiger partial charge in [0.05, 0.1) is 31.9 Å². The number of aliphatic hydroxyl groups excluding tert-OH is 4. The molecule has 44 heavy (non-hydrogen) atoms. The fourth-order valence-electron chi connectivity index (χ4n) is 5.32. The lowest BCUT2D eigenvalue weighted by atomic mass is 9.83. The van der Waals surface area contributed by atoms with Crippen molar-refractivity contribution < 1.29 is 53.7 Å². The first kappa shape index (κ1) is 36.4. The molecule has 9 N–H and O–H groups in total. The van der Waals surface area contributed by atoms with Gasteiger partial charge in [0.25, 0.3) is 0 Å². The minimum atomic E-state index is -1.31. The molecule has 15 heteroatoms. The van der Waals surface area contributed by atoms with E-state index < -0.39 is 72.8 Å². The van der Waals surface area contributed by atoms with Crippen molar-refractivity contribution in [2.24, 2.45) is 11.7 Å². The second-order valence-corrected chi connectivity index (χ2v) is 12.8. The van der Waals surface area contributed by atoms with Gasteiger partial charge in [-0.25, -0.2) is 4.79 Å². The summed E-state index contributed by atoms with van der Waals surface area (Å²) in [4.78, 5) is 24.8. The number of carbonyl (C=O) groups is 2. The molecule has 1 saturated carbocycles. The molecule has 1 aliphatic carbocycles. The van der Waals surface area contributed by atoms with E-state index in [0.29, 0.717) is 38.2 Å². The summed E-state index contributed by atoms with van der Waals surface area (Å²) in [5, 5.41) is 49.1. The molecule has 2 heterocycles. The zero-order valence-corrected chi connectivity index (χ0v) is 26.1. The summed E-state index contributed by atoms with van der Waals surface area (Å²) in [5.41, 5.74) is 5.80. The maximum atomic E-state index is 12.9. The largest absolute Gasteiger partial charge is 0.468 e. The lowest BCUT2D eigenvalue weighted by Crippen LogP contribution is -2.66. The molecule has 1 saturated heterocycles. The molecule has 3 rings (SSSR count). The van der Waals surface area contributed by atoms with Crippen LogP contribution in [0, 0.1) is 5.92 Å². The molecule has 15 nitrogen and oxygen atoms in total. The van der Waals surface area contributed by atoms with Crippen molar-refractivity contribution in [3.63, 3.8) is 0 Å². The Bertz CT molecular complexity index is 949. The topological polar surface area (TPSA) is 223 Å². The van der Waals surface area contributed by atoms with Crippen molar-refractivity contribution in [3.8, 4) is 0 Å². The molecule has 0 aromatic heterocycles. The van der Waals surface area contributed by atoms with Gasteiger partial charge in [0.15, 0.2) is 12.6 Å². The fraction of sp³-hybridized carbons (Fsp3) is 0.862. The number of alkyl carbamates (subject to hydrolysis) is 1. The van der Waals surface area contributed by atoms with E-state index in [1.165, 1.54) is 0 Å². The van der Waals surface area contributed by atoms with Gasteiger partial charge >= 0.3 is 6.09 Å². The first-order valence-electron chi connectivity index (χ1n) is 15.4. The Kier molecular flexibility index (Phi) is 14.1. The molecule has 2 fully saturated rings. The van der Waals surface area contributed by atoms with Crippen molar-refractivity contribution >= 4 is 12.0 Å². The lowest BCUT2D eigenvalue weighted by Gasteiger charge is -2.46. The van der Waals surface area contributed by atoms with E-state index in [4.69, 9.17) is 34.5 Å². The summed E-state index contributed by atoms with van der Waals surface area (Å²) in [6, 6.07) is -1.45. The van der Waals surface area contributed by atoms with Crippen molar-refractivity contribution in [2.75, 3.05) is 32.8 Å². The van der Waals surface area contributed by atoms with Crippen LogP contribution in [0.3, 0.4) is 0 Å². The van der Waals surface area contributed by atoms with Gasteiger partial charge in [-0.15, -0.1) is 0 Å². The smallest absolute Gasteiger partial charge is 0.407 e. The number of rotatable bonds is 13. The minimum absolute atomic E-state index is 0.0321. The molecule has 254 valence electrons. The van der Waals surface area contributed by atoms with Gasteiger partial charge in [-0.1, -0.05) is 6.92 Å². The highest BCUT2D eigenvalue weighted by molar-refractivity contribution is 5.77. The quantitative estimate of drug-likeness (QED) is 0.122. The van der Waals surface area contributed by atoms with Crippen LogP contribution in [0.15, 0.2) is 11.8 Å². The van der Waals surface area contributed by atoms with Gasteiger partial charge in [-0.3, -0.25) is 4.79 Å². The third-order valence-electron chi connectivity index (χ3n) is 7.43. The van der Waals surface area contributed by atoms with Gasteiger partial charge in [0.1, 0.15) is 35.8 Å². The number of hydrogen-bond donors (Lipinski definition) is 8. The number of amides is 2. The molecule has 1 unspecified atom stereocenters. The molecule has 0 radical (unpaired) electrons. The van der Waals surface area contributed by atoms with Gasteiger partial charge in [-0.2, -0.15) is 0 Å². The van der Waals surface area contributed by atoms with Crippen LogP contribution in [0.4, 0.5) is 4.79 Å². The third kappa shape index (κ3) is 11.7. The first-order valence-corrected chi connectivity index (χ1v) is 15.4. The first-order chi connectivity index (χ1) is 20.8. The molecular weight excluding hydrogens is 580 g/mol. The summed E-state index contributed by atoms with van der Waals surface area (Å²) in [6.07, 6.45) is -3.80. The summed E-state index contributed by atoms with van der Waals surface area (Å²) in [6.45, 7) is 7.71. The van der Waals surface area contributed by atoms with Crippen molar-refractivity contribution in [2.45, 2.75) is 121 Å². The summed E-state index contributed by atoms with van der Waals surface area (Å²) < 4.78 is 29.2. The summed E-state index contributed by atoms with van der Waals surface area (Å²) in [7, 11) is 0. The summed E-state index contributed by atoms with van der Waals surface area (Å²) in [5.74, 6) is 0.322. The SMILES string of the molecule is C[C@@H]1CO[C@H](O[C@@H]2[C@@H](O)[C@H](O[C@@H]3CCC=C(CNCC(O)CO)O3)[C@@H](N)C[C@H]2NC(=O)CCNC(=O)OC(C)(C)C)[C@H](O)C1. The van der Waals surface area contributed by atoms with Crippen molar-refractivity contribution in [3.05, 3.63) is 11.8 Å². The van der Waals surface area contributed by atoms with Gasteiger partial charge in [-0.05, 0) is 52.0 Å². The van der Waals surface area contributed by atoms with Gasteiger partial charge in [0, 0.05) is 32.0 Å². The fourth-order valence-corrected chi connectivity index (χ4v) is 5.32. The second-order valence-electron chi connectivity index (χ2n) is 12.8. The molecule has 2 amide bonds. The number of allylic oxidation sites excluding steroid dienone is 1. The Balaban J connectivity index is 1.63. The number of nitrogens with one attached hydrogen (secondary N) is 3. The van der Waals surface area contributed by atoms with Crippen LogP contribution in [0.1, 0.15) is 59.8 Å². The number of nitrogens with two attached hydrogens (primary N) is 1. The Morgan fingerprint density at radius 1 is 1.18 bits per heavy atom. The predicted molar refractivity (Wildman–Crippen MR) is 157 cm³/mol. The Hall–Kier alpha value is -2.08. The molecular formula is C29H52N4O11. The van der Waals surface area contributed by atoms with Crippen LogP contribution in [-0.2, 0) is 28.5 Å². The third-order valence-corrected chi connectivity index (χ3v) is 7.43. The Morgan fingerprint density at radius 2 is 1.93 bits per heavy atom. The van der Waals surface area contributed by atoms with Crippen LogP contribution in [0.5, 0.6) is 0 Å². The number of aliphatic hydroxyl groups is 4. The average Bonchev–Trinajstić information content (AvgIpc) is 2.93. The van der Waals surface area contributed by atoms with Crippen LogP contribution in [-0.4, -0.2) is 126 Å². The van der Waals surface area contributed by atoms with E-state index in [0.717, 1.165) is 0 Å². The van der Waals surface area contributed by atoms with Crippen LogP contribution < -0.4 is 21.7 Å². The molecule has 3 aliphatic rings. The molecule has 2 aliphatic heterocycles. The normalized spacial score (nSPS) is 33.5. The van der Waals surface area contributed by atoms with Crippen LogP contribution >= 0.6 is 0 Å². The maximum absolute atomic E-state index is 12.9. The maximum Gasteiger partial charge on any atom is 0.407 e. The average molecular weight is 633 g/mol. The monoisotopic (exact) mass is 632 g/mol. The standard InChI is InChI=1S/C29H52N4O11/c1-16-10-21(36)27(40-15-16)43-26-20(33-22(37)8-9-32-28(39)44-29(2,3)4)11-19(30)25(24(26)38)42-23-7-5-6-18(41-23)13-31-12-17(35)14-34/h6,16-17,19-21,23-27,31,34-36,38H,5,7-15,30H2,1-4H3,(H,32,39)(H,33,37)/t16-,17?,19-,20+,21+,23+,24-,25+,26-,27+/m0/s1. The Morgan fingerprint density at radius 3 is 2.61 bits per heavy atom. The van der Waals surface area contributed by atoms with Crippen LogP contribution in [0.2, 0.25) is 0 Å².